The molecule has 1 N–H and O–H groups in total. The van der Waals surface area contributed by atoms with Crippen molar-refractivity contribution in [3.8, 4) is 0 Å². The van der Waals surface area contributed by atoms with Gasteiger partial charge in [-0.1, -0.05) is 53.4 Å². The maximum atomic E-state index is 9.77. The Labute approximate surface area is 151 Å². The van der Waals surface area contributed by atoms with Crippen molar-refractivity contribution in [2.75, 3.05) is 46.8 Å². The molecule has 0 aliphatic rings. The van der Waals surface area contributed by atoms with Gasteiger partial charge in [0, 0.05) is 0 Å². The summed E-state index contributed by atoms with van der Waals surface area (Å²) in [7, 11) is 3.43. The van der Waals surface area contributed by atoms with Crippen molar-refractivity contribution >= 4 is 5.97 Å². The number of hydrogen-bond donors (Lipinski definition) is 1. The molecule has 4 heteroatoms. The molecule has 0 aromatic rings. The zero-order valence-electron chi connectivity index (χ0n) is 17.4. The lowest BCUT2D eigenvalue weighted by atomic mass is 10.1. The normalized spacial score (nSPS) is 11.3. The first kappa shape index (κ1) is 25.6. The fourth-order valence-electron chi connectivity index (χ4n) is 2.92. The summed E-state index contributed by atoms with van der Waals surface area (Å²) >= 11 is 0. The summed E-state index contributed by atoms with van der Waals surface area (Å²) in [5.74, 6) is -0.787. The van der Waals surface area contributed by atoms with Gasteiger partial charge in [0.25, 0.3) is 0 Å². The quantitative estimate of drug-likeness (QED) is 0.466. The number of quaternary nitrogens is 1. The van der Waals surface area contributed by atoms with E-state index in [1.54, 1.807) is 19.0 Å². The summed E-state index contributed by atoms with van der Waals surface area (Å²) in [5, 5.41) is 8.04. The SMILES string of the molecule is CCCC[N+](CCCC)(CCCC)CCCC.CN(C)CC(=O)O. The molecule has 4 nitrogen and oxygen atoms in total. The summed E-state index contributed by atoms with van der Waals surface area (Å²) in [4.78, 5) is 11.4. The summed E-state index contributed by atoms with van der Waals surface area (Å²) < 4.78 is 1.42. The fraction of sp³-hybridized carbons (Fsp3) is 0.950. The highest BCUT2D eigenvalue weighted by Gasteiger charge is 2.24. The van der Waals surface area contributed by atoms with Gasteiger partial charge in [-0.25, -0.2) is 0 Å². The molecule has 24 heavy (non-hydrogen) atoms. The number of carboxylic acid groups (broad SMARTS) is 1. The third-order valence-corrected chi connectivity index (χ3v) is 4.40. The van der Waals surface area contributed by atoms with Crippen LogP contribution in [0.3, 0.4) is 0 Å². The predicted octanol–water partition coefficient (Wildman–Crippen LogP) is 4.64. The van der Waals surface area contributed by atoms with E-state index in [0.717, 1.165) is 0 Å². The fourth-order valence-corrected chi connectivity index (χ4v) is 2.92. The third kappa shape index (κ3) is 16.3. The first-order valence-electron chi connectivity index (χ1n) is 10.1. The molecule has 146 valence electrons. The highest BCUT2D eigenvalue weighted by molar-refractivity contribution is 5.68. The van der Waals surface area contributed by atoms with Crippen LogP contribution in [-0.4, -0.2) is 67.3 Å². The van der Waals surface area contributed by atoms with E-state index in [4.69, 9.17) is 5.11 Å². The average molecular weight is 346 g/mol. The van der Waals surface area contributed by atoms with Crippen LogP contribution in [0.25, 0.3) is 0 Å². The minimum atomic E-state index is -0.787. The third-order valence-electron chi connectivity index (χ3n) is 4.40. The zero-order chi connectivity index (χ0) is 18.8. The Balaban J connectivity index is 0. The molecule has 0 aliphatic heterocycles. The average Bonchev–Trinajstić information content (AvgIpc) is 2.53. The van der Waals surface area contributed by atoms with Gasteiger partial charge < -0.3 is 9.59 Å². The topological polar surface area (TPSA) is 40.5 Å². The summed E-state index contributed by atoms with van der Waals surface area (Å²) in [6, 6.07) is 0. The number of carbonyl (C=O) groups is 1. The molecule has 0 aromatic carbocycles. The van der Waals surface area contributed by atoms with Gasteiger partial charge in [-0.2, -0.15) is 0 Å². The highest BCUT2D eigenvalue weighted by Crippen LogP contribution is 2.16. The van der Waals surface area contributed by atoms with Gasteiger partial charge in [0.15, 0.2) is 0 Å². The van der Waals surface area contributed by atoms with Gasteiger partial charge >= 0.3 is 5.97 Å². The van der Waals surface area contributed by atoms with E-state index in [0.29, 0.717) is 0 Å². The lowest BCUT2D eigenvalue weighted by Crippen LogP contribution is -2.50. The maximum absolute atomic E-state index is 9.77. The molecule has 0 atom stereocenters. The highest BCUT2D eigenvalue weighted by atomic mass is 16.4. The number of nitrogens with zero attached hydrogens (tertiary/aromatic N) is 2. The van der Waals surface area contributed by atoms with Crippen molar-refractivity contribution in [1.29, 1.82) is 0 Å². The van der Waals surface area contributed by atoms with Crippen molar-refractivity contribution in [3.05, 3.63) is 0 Å². The molecular weight excluding hydrogens is 300 g/mol. The molecule has 0 aromatic heterocycles. The van der Waals surface area contributed by atoms with Gasteiger partial charge in [-0.15, -0.1) is 0 Å². The number of rotatable bonds is 14. The van der Waals surface area contributed by atoms with Crippen LogP contribution < -0.4 is 0 Å². The molecule has 0 saturated heterocycles. The van der Waals surface area contributed by atoms with Crippen molar-refractivity contribution in [2.45, 2.75) is 79.1 Å². The summed E-state index contributed by atoms with van der Waals surface area (Å²) in [6.45, 7) is 15.1. The monoisotopic (exact) mass is 345 g/mol. The zero-order valence-corrected chi connectivity index (χ0v) is 17.4. The standard InChI is InChI=1S/C16H36N.C4H9NO2/c1-5-9-13-17(14-10-6-2,15-11-7-3)16-12-8-4;1-5(2)3-4(6)7/h5-16H2,1-4H3;3H2,1-2H3,(H,6,7)/q+1;. The van der Waals surface area contributed by atoms with Crippen molar-refractivity contribution in [2.24, 2.45) is 0 Å². The second-order valence-electron chi connectivity index (χ2n) is 7.28. The Hall–Kier alpha value is -0.610. The van der Waals surface area contributed by atoms with E-state index in [1.807, 2.05) is 0 Å². The number of hydrogen-bond acceptors (Lipinski definition) is 2. The molecule has 0 bridgehead atoms. The van der Waals surface area contributed by atoms with Gasteiger partial charge in [-0.05, 0) is 39.8 Å². The van der Waals surface area contributed by atoms with Gasteiger partial charge in [-0.3, -0.25) is 9.69 Å². The van der Waals surface area contributed by atoms with Crippen molar-refractivity contribution < 1.29 is 14.4 Å². The predicted molar refractivity (Wildman–Crippen MR) is 106 cm³/mol. The van der Waals surface area contributed by atoms with Crippen LogP contribution in [0.1, 0.15) is 79.1 Å². The Bertz CT molecular complexity index is 243. The van der Waals surface area contributed by atoms with Crippen LogP contribution in [0.15, 0.2) is 0 Å². The van der Waals surface area contributed by atoms with Gasteiger partial charge in [0.2, 0.25) is 0 Å². The van der Waals surface area contributed by atoms with E-state index in [-0.39, 0.29) is 6.54 Å². The molecule has 0 fully saturated rings. The maximum Gasteiger partial charge on any atom is 0.317 e. The van der Waals surface area contributed by atoms with E-state index >= 15 is 0 Å². The molecule has 0 unspecified atom stereocenters. The van der Waals surface area contributed by atoms with Crippen molar-refractivity contribution in [1.82, 2.24) is 4.90 Å². The molecule has 0 spiro atoms. The summed E-state index contributed by atoms with van der Waals surface area (Å²) in [5.41, 5.74) is 0. The second-order valence-corrected chi connectivity index (χ2v) is 7.28. The Morgan fingerprint density at radius 3 is 1.17 bits per heavy atom. The number of carboxylic acids is 1. The van der Waals surface area contributed by atoms with Crippen LogP contribution in [0, 0.1) is 0 Å². The van der Waals surface area contributed by atoms with E-state index < -0.39 is 5.97 Å². The van der Waals surface area contributed by atoms with Crippen LogP contribution in [-0.2, 0) is 4.79 Å². The van der Waals surface area contributed by atoms with Gasteiger partial charge in [0.05, 0.1) is 32.7 Å². The van der Waals surface area contributed by atoms with Gasteiger partial charge in [0.1, 0.15) is 0 Å². The minimum Gasteiger partial charge on any atom is -0.480 e. The first-order valence-corrected chi connectivity index (χ1v) is 10.1. The number of likely N-dealkylation sites (N-methyl/N-ethyl adjacent to an activating group) is 1. The molecule has 0 saturated carbocycles. The Kier molecular flexibility index (Phi) is 18.4. The minimum absolute atomic E-state index is 0.111. The van der Waals surface area contributed by atoms with Crippen LogP contribution in [0.4, 0.5) is 0 Å². The largest absolute Gasteiger partial charge is 0.480 e. The van der Waals surface area contributed by atoms with Crippen molar-refractivity contribution in [3.63, 3.8) is 0 Å². The lowest BCUT2D eigenvalue weighted by molar-refractivity contribution is -0.929. The van der Waals surface area contributed by atoms with E-state index in [2.05, 4.69) is 27.7 Å². The lowest BCUT2D eigenvalue weighted by Gasteiger charge is -2.39. The smallest absolute Gasteiger partial charge is 0.317 e. The van der Waals surface area contributed by atoms with E-state index in [9.17, 15) is 4.79 Å². The molecule has 0 rings (SSSR count). The first-order chi connectivity index (χ1) is 11.4. The summed E-state index contributed by atoms with van der Waals surface area (Å²) in [6.07, 6.45) is 11.1. The second kappa shape index (κ2) is 17.2. The molecule has 0 radical (unpaired) electrons. The molecular formula is C20H45N2O2+. The Morgan fingerprint density at radius 1 is 0.750 bits per heavy atom. The number of aliphatic carboxylic acids is 1. The van der Waals surface area contributed by atoms with Crippen LogP contribution >= 0.6 is 0 Å². The molecule has 0 aliphatic carbocycles. The number of unbranched alkanes of at least 4 members (excludes halogenated alkanes) is 4. The van der Waals surface area contributed by atoms with E-state index in [1.165, 1.54) is 82.0 Å². The van der Waals surface area contributed by atoms with Crippen LogP contribution in [0.2, 0.25) is 0 Å². The van der Waals surface area contributed by atoms with Crippen LogP contribution in [0.5, 0.6) is 0 Å². The molecule has 0 amide bonds. The molecule has 0 heterocycles. The Morgan fingerprint density at radius 2 is 1.04 bits per heavy atom.